The van der Waals surface area contributed by atoms with E-state index in [1.165, 1.54) is 76.3 Å². The van der Waals surface area contributed by atoms with Crippen LogP contribution in [0.1, 0.15) is 145 Å². The molecule has 0 bridgehead atoms. The molecule has 0 spiro atoms. The van der Waals surface area contributed by atoms with E-state index in [1.807, 2.05) is 0 Å². The number of carbonyl (C=O) groups excluding carboxylic acids is 1. The van der Waals surface area contributed by atoms with Crippen LogP contribution in [0.4, 0.5) is 0 Å². The fraction of sp³-hybridized carbons (Fsp3) is 0.636. The van der Waals surface area contributed by atoms with E-state index in [0.29, 0.717) is 6.42 Å². The zero-order valence-electron chi connectivity index (χ0n) is 23.1. The molecule has 4 nitrogen and oxygen atoms in total. The van der Waals surface area contributed by atoms with Crippen LogP contribution in [0.2, 0.25) is 0 Å². The second-order valence-corrected chi connectivity index (χ2v) is 9.82. The van der Waals surface area contributed by atoms with E-state index < -0.39 is 5.97 Å². The highest BCUT2D eigenvalue weighted by Gasteiger charge is 2.05. The molecule has 1 aromatic rings. The number of benzene rings is 1. The largest absolute Gasteiger partial charge is 0.478 e. The number of esters is 1. The summed E-state index contributed by atoms with van der Waals surface area (Å²) >= 11 is 0. The smallest absolute Gasteiger partial charge is 0.335 e. The van der Waals surface area contributed by atoms with Crippen molar-refractivity contribution in [2.45, 2.75) is 136 Å². The lowest BCUT2D eigenvalue weighted by atomic mass is 10.1. The molecule has 0 heterocycles. The van der Waals surface area contributed by atoms with Gasteiger partial charge < -0.3 is 9.84 Å². The molecule has 0 radical (unpaired) electrons. The molecular formula is C33H48O4. The normalized spacial score (nSPS) is 10.2. The SMILES string of the molecule is CCCCCCCCCCCCC#CC#CCCCCCCCCC(=O)OCc1ccc(C(=O)O)cc1. The van der Waals surface area contributed by atoms with Crippen molar-refractivity contribution in [1.82, 2.24) is 0 Å². The molecule has 0 aliphatic carbocycles. The first-order valence-electron chi connectivity index (χ1n) is 14.6. The van der Waals surface area contributed by atoms with Crippen molar-refractivity contribution in [1.29, 1.82) is 0 Å². The van der Waals surface area contributed by atoms with Gasteiger partial charge in [0, 0.05) is 19.3 Å². The maximum absolute atomic E-state index is 11.9. The molecule has 1 aromatic carbocycles. The standard InChI is InChI=1S/C33H48O4/c1-2-3-4-5-6-7-8-9-10-11-12-13-14-15-16-17-18-19-20-21-22-23-24-32(34)37-29-30-25-27-31(28-26-30)33(35)36/h25-28H,2-12,17-24,29H2,1H3,(H,35,36). The number of aromatic carboxylic acids is 1. The van der Waals surface area contributed by atoms with E-state index in [4.69, 9.17) is 9.84 Å². The first-order valence-corrected chi connectivity index (χ1v) is 14.6. The van der Waals surface area contributed by atoms with Crippen molar-refractivity contribution in [2.75, 3.05) is 0 Å². The second kappa shape index (κ2) is 23.7. The Morgan fingerprint density at radius 3 is 1.62 bits per heavy atom. The van der Waals surface area contributed by atoms with Gasteiger partial charge in [0.05, 0.1) is 5.56 Å². The Morgan fingerprint density at radius 1 is 0.676 bits per heavy atom. The molecule has 0 aliphatic rings. The Bertz CT molecular complexity index is 848. The van der Waals surface area contributed by atoms with Crippen LogP contribution in [-0.2, 0) is 16.1 Å². The molecule has 1 rings (SSSR count). The highest BCUT2D eigenvalue weighted by atomic mass is 16.5. The average molecular weight is 509 g/mol. The van der Waals surface area contributed by atoms with Gasteiger partial charge in [-0.3, -0.25) is 4.79 Å². The van der Waals surface area contributed by atoms with Gasteiger partial charge in [0.1, 0.15) is 6.61 Å². The molecule has 0 aliphatic heterocycles. The summed E-state index contributed by atoms with van der Waals surface area (Å²) in [6, 6.07) is 6.38. The molecule has 0 unspecified atom stereocenters. The Morgan fingerprint density at radius 2 is 1.14 bits per heavy atom. The maximum atomic E-state index is 11.9. The molecule has 204 valence electrons. The summed E-state index contributed by atoms with van der Waals surface area (Å²) in [6.45, 7) is 2.45. The van der Waals surface area contributed by atoms with Crippen LogP contribution in [0.25, 0.3) is 0 Å². The summed E-state index contributed by atoms with van der Waals surface area (Å²) in [5.41, 5.74) is 1.02. The molecular weight excluding hydrogens is 460 g/mol. The van der Waals surface area contributed by atoms with Crippen molar-refractivity contribution in [3.63, 3.8) is 0 Å². The number of hydrogen-bond acceptors (Lipinski definition) is 3. The Labute approximate surface area is 226 Å². The molecule has 0 saturated carbocycles. The minimum absolute atomic E-state index is 0.184. The first-order chi connectivity index (χ1) is 18.1. The lowest BCUT2D eigenvalue weighted by Crippen LogP contribution is -2.04. The third-order valence-electron chi connectivity index (χ3n) is 6.43. The average Bonchev–Trinajstić information content (AvgIpc) is 2.90. The van der Waals surface area contributed by atoms with Gasteiger partial charge in [0.15, 0.2) is 0 Å². The van der Waals surface area contributed by atoms with Gasteiger partial charge in [-0.1, -0.05) is 114 Å². The lowest BCUT2D eigenvalue weighted by Gasteiger charge is -2.05. The summed E-state index contributed by atoms with van der Waals surface area (Å²) < 4.78 is 5.26. The highest BCUT2D eigenvalue weighted by Crippen LogP contribution is 2.12. The molecule has 0 atom stereocenters. The van der Waals surface area contributed by atoms with Crippen molar-refractivity contribution >= 4 is 11.9 Å². The van der Waals surface area contributed by atoms with Crippen LogP contribution in [-0.4, -0.2) is 17.0 Å². The molecule has 0 amide bonds. The van der Waals surface area contributed by atoms with Crippen molar-refractivity contribution < 1.29 is 19.4 Å². The molecule has 0 aromatic heterocycles. The molecule has 4 heteroatoms. The summed E-state index contributed by atoms with van der Waals surface area (Å²) in [4.78, 5) is 22.7. The quantitative estimate of drug-likeness (QED) is 0.102. The number of hydrogen-bond donors (Lipinski definition) is 1. The minimum atomic E-state index is -0.962. The maximum Gasteiger partial charge on any atom is 0.335 e. The predicted octanol–water partition coefficient (Wildman–Crippen LogP) is 8.87. The highest BCUT2D eigenvalue weighted by molar-refractivity contribution is 5.87. The van der Waals surface area contributed by atoms with Gasteiger partial charge in [-0.25, -0.2) is 4.79 Å². The summed E-state index contributed by atoms with van der Waals surface area (Å²) in [7, 11) is 0. The van der Waals surface area contributed by atoms with Gasteiger partial charge in [-0.2, -0.15) is 0 Å². The molecule has 1 N–H and O–H groups in total. The van der Waals surface area contributed by atoms with Gasteiger partial charge in [0.2, 0.25) is 0 Å². The monoisotopic (exact) mass is 508 g/mol. The number of rotatable bonds is 21. The molecule has 0 saturated heterocycles. The van der Waals surface area contributed by atoms with Crippen molar-refractivity contribution in [3.05, 3.63) is 35.4 Å². The number of carboxylic acids is 1. The van der Waals surface area contributed by atoms with Gasteiger partial charge in [-0.05, 0) is 48.8 Å². The van der Waals surface area contributed by atoms with Crippen molar-refractivity contribution in [3.8, 4) is 23.7 Å². The number of unbranched alkanes of at least 4 members (excludes halogenated alkanes) is 16. The van der Waals surface area contributed by atoms with E-state index in [-0.39, 0.29) is 18.1 Å². The minimum Gasteiger partial charge on any atom is -0.478 e. The topological polar surface area (TPSA) is 63.6 Å². The van der Waals surface area contributed by atoms with E-state index in [1.54, 1.807) is 12.1 Å². The summed E-state index contributed by atoms with van der Waals surface area (Å²) in [5.74, 6) is 11.2. The lowest BCUT2D eigenvalue weighted by molar-refractivity contribution is -0.145. The second-order valence-electron chi connectivity index (χ2n) is 9.82. The number of carboxylic acid groups (broad SMARTS) is 1. The fourth-order valence-electron chi connectivity index (χ4n) is 4.08. The van der Waals surface area contributed by atoms with E-state index in [0.717, 1.165) is 56.9 Å². The Balaban J connectivity index is 1.87. The van der Waals surface area contributed by atoms with Gasteiger partial charge in [-0.15, -0.1) is 0 Å². The fourth-order valence-corrected chi connectivity index (χ4v) is 4.08. The summed E-state index contributed by atoms with van der Waals surface area (Å²) in [5, 5.41) is 8.90. The number of carbonyl (C=O) groups is 2. The third kappa shape index (κ3) is 20.1. The van der Waals surface area contributed by atoms with Crippen LogP contribution < -0.4 is 0 Å². The van der Waals surface area contributed by atoms with Crippen LogP contribution in [0.3, 0.4) is 0 Å². The van der Waals surface area contributed by atoms with Crippen LogP contribution in [0, 0.1) is 23.7 Å². The van der Waals surface area contributed by atoms with Crippen LogP contribution in [0.5, 0.6) is 0 Å². The van der Waals surface area contributed by atoms with Gasteiger partial charge >= 0.3 is 11.9 Å². The van der Waals surface area contributed by atoms with Crippen LogP contribution >= 0.6 is 0 Å². The van der Waals surface area contributed by atoms with Crippen molar-refractivity contribution in [2.24, 2.45) is 0 Å². The molecule has 0 fully saturated rings. The van der Waals surface area contributed by atoms with E-state index in [9.17, 15) is 9.59 Å². The first kappa shape index (κ1) is 32.3. The number of ether oxygens (including phenoxy) is 1. The van der Waals surface area contributed by atoms with E-state index in [2.05, 4.69) is 30.6 Å². The zero-order chi connectivity index (χ0) is 26.8. The summed E-state index contributed by atoms with van der Waals surface area (Å²) in [6.07, 6.45) is 22.3. The predicted molar refractivity (Wildman–Crippen MR) is 152 cm³/mol. The zero-order valence-corrected chi connectivity index (χ0v) is 23.1. The Hall–Kier alpha value is -2.72. The van der Waals surface area contributed by atoms with Crippen LogP contribution in [0.15, 0.2) is 24.3 Å². The molecule has 37 heavy (non-hydrogen) atoms. The van der Waals surface area contributed by atoms with E-state index >= 15 is 0 Å². The third-order valence-corrected chi connectivity index (χ3v) is 6.43. The Kier molecular flexibility index (Phi) is 20.7. The van der Waals surface area contributed by atoms with Gasteiger partial charge in [0.25, 0.3) is 0 Å².